The highest BCUT2D eigenvalue weighted by Crippen LogP contribution is 2.22. The van der Waals surface area contributed by atoms with Gasteiger partial charge in [0.25, 0.3) is 0 Å². The number of nitrogens with one attached hydrogen (secondary N) is 1. The first-order chi connectivity index (χ1) is 10.2. The fourth-order valence-corrected chi connectivity index (χ4v) is 3.01. The first kappa shape index (κ1) is 14.3. The molecule has 1 aromatic heterocycles. The zero-order valence-corrected chi connectivity index (χ0v) is 13.6. The minimum atomic E-state index is 0.625. The van der Waals surface area contributed by atoms with Gasteiger partial charge in [-0.15, -0.1) is 0 Å². The van der Waals surface area contributed by atoms with Crippen LogP contribution in [0.2, 0.25) is 0 Å². The molecule has 0 aliphatic rings. The van der Waals surface area contributed by atoms with Gasteiger partial charge in [-0.05, 0) is 36.4 Å². The Morgan fingerprint density at radius 1 is 1.24 bits per heavy atom. The van der Waals surface area contributed by atoms with Crippen LogP contribution in [0, 0.1) is 0 Å². The maximum absolute atomic E-state index is 5.75. The third-order valence-electron chi connectivity index (χ3n) is 2.87. The van der Waals surface area contributed by atoms with E-state index in [1.165, 1.54) is 0 Å². The van der Waals surface area contributed by atoms with E-state index in [2.05, 4.69) is 25.9 Å². The monoisotopic (exact) mass is 363 g/mol. The maximum atomic E-state index is 5.75. The number of nitrogens with two attached hydrogens (primary N) is 1. The lowest BCUT2D eigenvalue weighted by Gasteiger charge is -2.05. The predicted molar refractivity (Wildman–Crippen MR) is 90.9 cm³/mol. The van der Waals surface area contributed by atoms with Gasteiger partial charge in [0.15, 0.2) is 5.16 Å². The Balaban J connectivity index is 1.54. The van der Waals surface area contributed by atoms with E-state index >= 15 is 0 Å². The second kappa shape index (κ2) is 6.41. The van der Waals surface area contributed by atoms with Crippen LogP contribution in [0.25, 0.3) is 11.0 Å². The summed E-state index contributed by atoms with van der Waals surface area (Å²) in [6.45, 7) is 0.625. The van der Waals surface area contributed by atoms with Crippen LogP contribution >= 0.6 is 27.7 Å². The number of imidazole rings is 1. The largest absolute Gasteiger partial charge is 0.493 e. The molecule has 0 aliphatic heterocycles. The van der Waals surface area contributed by atoms with E-state index in [0.29, 0.717) is 6.61 Å². The van der Waals surface area contributed by atoms with Gasteiger partial charge in [-0.2, -0.15) is 0 Å². The minimum absolute atomic E-state index is 0.625. The number of hydrogen-bond donors (Lipinski definition) is 2. The van der Waals surface area contributed by atoms with Gasteiger partial charge in [0.1, 0.15) is 5.75 Å². The molecular formula is C15H14BrN3OS. The standard InChI is InChI=1S/C15H14BrN3OS/c16-10-2-1-3-12(8-10)20-6-7-21-15-18-13-5-4-11(17)9-14(13)19-15/h1-5,8-9H,6-7,17H2,(H,18,19). The molecule has 0 radical (unpaired) electrons. The van der Waals surface area contributed by atoms with Gasteiger partial charge >= 0.3 is 0 Å². The van der Waals surface area contributed by atoms with E-state index in [9.17, 15) is 0 Å². The van der Waals surface area contributed by atoms with E-state index in [0.717, 1.165) is 37.9 Å². The Hall–Kier alpha value is -1.66. The minimum Gasteiger partial charge on any atom is -0.493 e. The van der Waals surface area contributed by atoms with Crippen LogP contribution in [-0.4, -0.2) is 22.3 Å². The highest BCUT2D eigenvalue weighted by Gasteiger charge is 2.04. The molecule has 3 N–H and O–H groups in total. The summed E-state index contributed by atoms with van der Waals surface area (Å²) in [7, 11) is 0. The van der Waals surface area contributed by atoms with Gasteiger partial charge in [-0.1, -0.05) is 33.8 Å². The Bertz CT molecular complexity index is 760. The van der Waals surface area contributed by atoms with E-state index < -0.39 is 0 Å². The topological polar surface area (TPSA) is 63.9 Å². The lowest BCUT2D eigenvalue weighted by Crippen LogP contribution is -2.00. The molecular weight excluding hydrogens is 350 g/mol. The van der Waals surface area contributed by atoms with Gasteiger partial charge in [0.2, 0.25) is 0 Å². The van der Waals surface area contributed by atoms with Crippen molar-refractivity contribution in [1.29, 1.82) is 0 Å². The molecule has 21 heavy (non-hydrogen) atoms. The first-order valence-corrected chi connectivity index (χ1v) is 8.25. The Kier molecular flexibility index (Phi) is 4.36. The maximum Gasteiger partial charge on any atom is 0.166 e. The highest BCUT2D eigenvalue weighted by molar-refractivity contribution is 9.10. The van der Waals surface area contributed by atoms with Gasteiger partial charge in [0.05, 0.1) is 17.6 Å². The van der Waals surface area contributed by atoms with Crippen molar-refractivity contribution in [1.82, 2.24) is 9.97 Å². The number of aromatic amines is 1. The predicted octanol–water partition coefficient (Wildman–Crippen LogP) is 4.08. The molecule has 0 saturated heterocycles. The molecule has 0 spiro atoms. The van der Waals surface area contributed by atoms with Crippen molar-refractivity contribution in [2.24, 2.45) is 0 Å². The van der Waals surface area contributed by atoms with Crippen LogP contribution < -0.4 is 10.5 Å². The number of H-pyrrole nitrogens is 1. The van der Waals surface area contributed by atoms with Crippen molar-refractivity contribution in [3.8, 4) is 5.75 Å². The molecule has 0 saturated carbocycles. The van der Waals surface area contributed by atoms with Crippen molar-refractivity contribution in [2.75, 3.05) is 18.1 Å². The van der Waals surface area contributed by atoms with E-state index in [1.807, 2.05) is 42.5 Å². The van der Waals surface area contributed by atoms with E-state index in [1.54, 1.807) is 11.8 Å². The molecule has 0 amide bonds. The third kappa shape index (κ3) is 3.71. The number of halogens is 1. The summed E-state index contributed by atoms with van der Waals surface area (Å²) in [5, 5.41) is 0.883. The van der Waals surface area contributed by atoms with E-state index in [4.69, 9.17) is 10.5 Å². The second-order valence-corrected chi connectivity index (χ2v) is 6.47. The molecule has 0 aliphatic carbocycles. The summed E-state index contributed by atoms with van der Waals surface area (Å²) in [6, 6.07) is 13.5. The van der Waals surface area contributed by atoms with Crippen LogP contribution in [0.4, 0.5) is 5.69 Å². The van der Waals surface area contributed by atoms with Crippen molar-refractivity contribution < 1.29 is 4.74 Å². The molecule has 1 heterocycles. The Morgan fingerprint density at radius 2 is 2.14 bits per heavy atom. The number of anilines is 1. The zero-order chi connectivity index (χ0) is 14.7. The molecule has 2 aromatic carbocycles. The SMILES string of the molecule is Nc1ccc2nc(SCCOc3cccc(Br)c3)[nH]c2c1. The van der Waals surface area contributed by atoms with E-state index in [-0.39, 0.29) is 0 Å². The third-order valence-corrected chi connectivity index (χ3v) is 4.20. The van der Waals surface area contributed by atoms with Gasteiger partial charge in [0, 0.05) is 15.9 Å². The van der Waals surface area contributed by atoms with Crippen LogP contribution in [0.1, 0.15) is 0 Å². The number of rotatable bonds is 5. The zero-order valence-electron chi connectivity index (χ0n) is 11.2. The fraction of sp³-hybridized carbons (Fsp3) is 0.133. The number of fused-ring (bicyclic) bond motifs is 1. The number of ether oxygens (including phenoxy) is 1. The summed E-state index contributed by atoms with van der Waals surface area (Å²) in [5.41, 5.74) is 8.38. The molecule has 3 rings (SSSR count). The normalized spacial score (nSPS) is 10.9. The van der Waals surface area contributed by atoms with Crippen LogP contribution in [0.5, 0.6) is 5.75 Å². The number of nitrogens with zero attached hydrogens (tertiary/aromatic N) is 1. The van der Waals surface area contributed by atoms with Crippen molar-refractivity contribution in [3.63, 3.8) is 0 Å². The lowest BCUT2D eigenvalue weighted by atomic mass is 10.3. The molecule has 4 nitrogen and oxygen atoms in total. The fourth-order valence-electron chi connectivity index (χ4n) is 1.93. The van der Waals surface area contributed by atoms with Crippen molar-refractivity contribution in [2.45, 2.75) is 5.16 Å². The summed E-state index contributed by atoms with van der Waals surface area (Å²) in [5.74, 6) is 1.68. The Labute approximate surface area is 135 Å². The molecule has 0 fully saturated rings. The van der Waals surface area contributed by atoms with Crippen molar-refractivity contribution in [3.05, 3.63) is 46.9 Å². The number of thioether (sulfide) groups is 1. The summed E-state index contributed by atoms with van der Waals surface area (Å²) >= 11 is 5.05. The van der Waals surface area contributed by atoms with Crippen LogP contribution in [-0.2, 0) is 0 Å². The molecule has 108 valence electrons. The lowest BCUT2D eigenvalue weighted by molar-refractivity contribution is 0.343. The second-order valence-electron chi connectivity index (χ2n) is 4.47. The number of aromatic nitrogens is 2. The quantitative estimate of drug-likeness (QED) is 0.407. The smallest absolute Gasteiger partial charge is 0.166 e. The molecule has 0 atom stereocenters. The highest BCUT2D eigenvalue weighted by atomic mass is 79.9. The Morgan fingerprint density at radius 3 is 3.00 bits per heavy atom. The average molecular weight is 364 g/mol. The number of benzene rings is 2. The molecule has 6 heteroatoms. The summed E-state index contributed by atoms with van der Waals surface area (Å²) in [4.78, 5) is 7.75. The number of hydrogen-bond acceptors (Lipinski definition) is 4. The molecule has 3 aromatic rings. The van der Waals surface area contributed by atoms with Gasteiger partial charge in [-0.3, -0.25) is 0 Å². The van der Waals surface area contributed by atoms with Crippen LogP contribution in [0.15, 0.2) is 52.1 Å². The van der Waals surface area contributed by atoms with Crippen LogP contribution in [0.3, 0.4) is 0 Å². The molecule has 0 bridgehead atoms. The van der Waals surface area contributed by atoms with Crippen molar-refractivity contribution >= 4 is 44.4 Å². The summed E-state index contributed by atoms with van der Waals surface area (Å²) < 4.78 is 6.71. The molecule has 0 unspecified atom stereocenters. The van der Waals surface area contributed by atoms with Gasteiger partial charge in [-0.25, -0.2) is 4.98 Å². The van der Waals surface area contributed by atoms with Gasteiger partial charge < -0.3 is 15.5 Å². The average Bonchev–Trinajstić information content (AvgIpc) is 2.85. The number of nitrogen functional groups attached to an aromatic ring is 1. The summed E-state index contributed by atoms with van der Waals surface area (Å²) in [6.07, 6.45) is 0. The first-order valence-electron chi connectivity index (χ1n) is 6.47.